The summed E-state index contributed by atoms with van der Waals surface area (Å²) in [6.45, 7) is 1.52. The van der Waals surface area contributed by atoms with Crippen molar-refractivity contribution in [3.63, 3.8) is 0 Å². The first kappa shape index (κ1) is 14.8. The fourth-order valence-corrected chi connectivity index (χ4v) is 3.47. The predicted molar refractivity (Wildman–Crippen MR) is 87.8 cm³/mol. The van der Waals surface area contributed by atoms with Gasteiger partial charge in [0.2, 0.25) is 0 Å². The molecule has 126 valence electrons. The quantitative estimate of drug-likeness (QED) is 0.862. The van der Waals surface area contributed by atoms with Crippen LogP contribution in [0.1, 0.15) is 6.42 Å². The molecule has 1 atom stereocenters. The number of benzene rings is 1. The van der Waals surface area contributed by atoms with E-state index in [-0.39, 0.29) is 12.1 Å². The number of aryl methyl sites for hydroxylation is 1. The average molecular weight is 329 g/mol. The molecule has 2 fully saturated rings. The molecule has 3 amide bonds. The molecule has 1 aromatic carbocycles. The summed E-state index contributed by atoms with van der Waals surface area (Å²) in [5, 5.41) is 8.08. The van der Waals surface area contributed by atoms with Gasteiger partial charge in [0.05, 0.1) is 24.8 Å². The number of rotatable bonds is 1. The second kappa shape index (κ2) is 5.12. The Morgan fingerprint density at radius 1 is 1.33 bits per heavy atom. The average Bonchev–Trinajstić information content (AvgIpc) is 3.19. The van der Waals surface area contributed by atoms with Crippen molar-refractivity contribution in [1.29, 1.82) is 0 Å². The number of carbonyl (C=O) groups is 2. The smallest absolute Gasteiger partial charge is 0.410 e. The van der Waals surface area contributed by atoms with Crippen LogP contribution < -0.4 is 5.32 Å². The maximum atomic E-state index is 12.5. The molecular formula is C16H19N5O3. The first-order valence-electron chi connectivity index (χ1n) is 7.88. The lowest BCUT2D eigenvalue weighted by Gasteiger charge is -2.22. The molecule has 8 heteroatoms. The standard InChI is InChI=1S/C16H19N5O3/c1-19-9-16(24-15(19)23)5-6-21(10-16)14(22)18-12-3-4-13-11(7-12)8-17-20(13)2/h3-4,7-8H,5-6,9-10H2,1-2H3,(H,18,22). The highest BCUT2D eigenvalue weighted by molar-refractivity contribution is 5.93. The minimum atomic E-state index is -0.559. The van der Waals surface area contributed by atoms with E-state index < -0.39 is 5.60 Å². The predicted octanol–water partition coefficient (Wildman–Crippen LogP) is 1.63. The highest BCUT2D eigenvalue weighted by Gasteiger charge is 2.49. The molecule has 1 spiro atoms. The van der Waals surface area contributed by atoms with E-state index in [4.69, 9.17) is 4.74 Å². The van der Waals surface area contributed by atoms with Crippen LogP contribution in [-0.2, 0) is 11.8 Å². The zero-order chi connectivity index (χ0) is 16.9. The number of hydrogen-bond donors (Lipinski definition) is 1. The summed E-state index contributed by atoms with van der Waals surface area (Å²) in [6.07, 6.45) is 2.11. The van der Waals surface area contributed by atoms with Gasteiger partial charge in [-0.25, -0.2) is 9.59 Å². The van der Waals surface area contributed by atoms with Crippen LogP contribution in [0.3, 0.4) is 0 Å². The van der Waals surface area contributed by atoms with Crippen LogP contribution in [0.15, 0.2) is 24.4 Å². The van der Waals surface area contributed by atoms with Gasteiger partial charge in [-0.3, -0.25) is 4.68 Å². The summed E-state index contributed by atoms with van der Waals surface area (Å²) in [4.78, 5) is 27.4. The zero-order valence-corrected chi connectivity index (χ0v) is 13.7. The SMILES string of the molecule is CN1CC2(CCN(C(=O)Nc3ccc4c(cnn4C)c3)C2)OC1=O. The van der Waals surface area contributed by atoms with Crippen molar-refractivity contribution < 1.29 is 14.3 Å². The van der Waals surface area contributed by atoms with E-state index in [0.29, 0.717) is 26.1 Å². The highest BCUT2D eigenvalue weighted by Crippen LogP contribution is 2.32. The van der Waals surface area contributed by atoms with Crippen molar-refractivity contribution in [3.8, 4) is 0 Å². The van der Waals surface area contributed by atoms with Gasteiger partial charge in [0.1, 0.15) is 0 Å². The van der Waals surface area contributed by atoms with Crippen LogP contribution in [0.2, 0.25) is 0 Å². The van der Waals surface area contributed by atoms with Gasteiger partial charge in [-0.2, -0.15) is 5.10 Å². The summed E-state index contributed by atoms with van der Waals surface area (Å²) < 4.78 is 7.26. The minimum absolute atomic E-state index is 0.180. The Balaban J connectivity index is 1.45. The maximum Gasteiger partial charge on any atom is 0.410 e. The third-order valence-corrected chi connectivity index (χ3v) is 4.74. The molecule has 1 unspecified atom stereocenters. The van der Waals surface area contributed by atoms with Crippen LogP contribution in [0.5, 0.6) is 0 Å². The van der Waals surface area contributed by atoms with E-state index in [0.717, 1.165) is 16.6 Å². The lowest BCUT2D eigenvalue weighted by molar-refractivity contribution is 0.0663. The van der Waals surface area contributed by atoms with Crippen LogP contribution in [0.25, 0.3) is 10.9 Å². The molecule has 2 aromatic rings. The Labute approximate surface area is 138 Å². The number of ether oxygens (including phenoxy) is 1. The number of urea groups is 1. The summed E-state index contributed by atoms with van der Waals surface area (Å²) in [5.41, 5.74) is 1.17. The van der Waals surface area contributed by atoms with Gasteiger partial charge in [-0.1, -0.05) is 0 Å². The molecule has 24 heavy (non-hydrogen) atoms. The molecule has 3 heterocycles. The minimum Gasteiger partial charge on any atom is -0.439 e. The van der Waals surface area contributed by atoms with Gasteiger partial charge >= 0.3 is 12.1 Å². The number of anilines is 1. The number of fused-ring (bicyclic) bond motifs is 1. The van der Waals surface area contributed by atoms with Gasteiger partial charge in [0.15, 0.2) is 5.60 Å². The lowest BCUT2D eigenvalue weighted by Crippen LogP contribution is -2.40. The summed E-state index contributed by atoms with van der Waals surface area (Å²) >= 11 is 0. The molecule has 0 radical (unpaired) electrons. The van der Waals surface area contributed by atoms with E-state index in [2.05, 4.69) is 10.4 Å². The maximum absolute atomic E-state index is 12.5. The number of aromatic nitrogens is 2. The van der Waals surface area contributed by atoms with E-state index in [1.807, 2.05) is 25.2 Å². The van der Waals surface area contributed by atoms with E-state index in [9.17, 15) is 9.59 Å². The van der Waals surface area contributed by atoms with Gasteiger partial charge in [0, 0.05) is 38.1 Å². The molecule has 1 N–H and O–H groups in total. The Kier molecular flexibility index (Phi) is 3.16. The monoisotopic (exact) mass is 329 g/mol. The fraction of sp³-hybridized carbons (Fsp3) is 0.438. The number of carbonyl (C=O) groups excluding carboxylic acids is 2. The second-order valence-electron chi connectivity index (χ2n) is 6.55. The van der Waals surface area contributed by atoms with Crippen LogP contribution >= 0.6 is 0 Å². The van der Waals surface area contributed by atoms with Crippen LogP contribution in [-0.4, -0.2) is 64.0 Å². The molecule has 2 aliphatic rings. The highest BCUT2D eigenvalue weighted by atomic mass is 16.6. The number of likely N-dealkylation sites (N-methyl/N-ethyl adjacent to an activating group) is 1. The molecule has 4 rings (SSSR count). The molecule has 0 bridgehead atoms. The Morgan fingerprint density at radius 2 is 2.17 bits per heavy atom. The molecule has 0 saturated carbocycles. The number of nitrogens with zero attached hydrogens (tertiary/aromatic N) is 4. The summed E-state index contributed by atoms with van der Waals surface area (Å²) in [6, 6.07) is 5.50. The molecule has 2 saturated heterocycles. The molecule has 2 aliphatic heterocycles. The van der Waals surface area contributed by atoms with Crippen molar-refractivity contribution in [2.24, 2.45) is 7.05 Å². The van der Waals surface area contributed by atoms with Crippen molar-refractivity contribution in [3.05, 3.63) is 24.4 Å². The molecule has 0 aliphatic carbocycles. The van der Waals surface area contributed by atoms with Crippen molar-refractivity contribution in [2.45, 2.75) is 12.0 Å². The summed E-state index contributed by atoms with van der Waals surface area (Å²) in [5.74, 6) is 0. The van der Waals surface area contributed by atoms with E-state index in [1.165, 1.54) is 0 Å². The largest absolute Gasteiger partial charge is 0.439 e. The second-order valence-corrected chi connectivity index (χ2v) is 6.55. The van der Waals surface area contributed by atoms with Crippen molar-refractivity contribution >= 4 is 28.7 Å². The van der Waals surface area contributed by atoms with Crippen molar-refractivity contribution in [1.82, 2.24) is 19.6 Å². The van der Waals surface area contributed by atoms with E-state index in [1.54, 1.807) is 27.7 Å². The number of nitrogens with one attached hydrogen (secondary N) is 1. The van der Waals surface area contributed by atoms with Crippen LogP contribution in [0, 0.1) is 0 Å². The van der Waals surface area contributed by atoms with Gasteiger partial charge < -0.3 is 19.9 Å². The first-order valence-corrected chi connectivity index (χ1v) is 7.88. The van der Waals surface area contributed by atoms with Gasteiger partial charge in [0.25, 0.3) is 0 Å². The first-order chi connectivity index (χ1) is 11.5. The topological polar surface area (TPSA) is 79.7 Å². The fourth-order valence-electron chi connectivity index (χ4n) is 3.47. The number of hydrogen-bond acceptors (Lipinski definition) is 4. The third kappa shape index (κ3) is 2.34. The van der Waals surface area contributed by atoms with Gasteiger partial charge in [-0.05, 0) is 18.2 Å². The Morgan fingerprint density at radius 3 is 2.92 bits per heavy atom. The zero-order valence-electron chi connectivity index (χ0n) is 13.7. The molecular weight excluding hydrogens is 310 g/mol. The Bertz CT molecular complexity index is 832. The molecule has 1 aromatic heterocycles. The van der Waals surface area contributed by atoms with Crippen LogP contribution in [0.4, 0.5) is 15.3 Å². The number of likely N-dealkylation sites (tertiary alicyclic amines) is 1. The third-order valence-electron chi connectivity index (χ3n) is 4.74. The normalized spacial score (nSPS) is 23.3. The van der Waals surface area contributed by atoms with E-state index >= 15 is 0 Å². The Hall–Kier alpha value is -2.77. The lowest BCUT2D eigenvalue weighted by atomic mass is 10.0. The number of amides is 3. The summed E-state index contributed by atoms with van der Waals surface area (Å²) in [7, 11) is 3.59. The molecule has 8 nitrogen and oxygen atoms in total. The van der Waals surface area contributed by atoms with Gasteiger partial charge in [-0.15, -0.1) is 0 Å². The van der Waals surface area contributed by atoms with Crippen molar-refractivity contribution in [2.75, 3.05) is 32.0 Å².